The fourth-order valence-corrected chi connectivity index (χ4v) is 1.82. The van der Waals surface area contributed by atoms with Gasteiger partial charge in [0.15, 0.2) is 0 Å². The van der Waals surface area contributed by atoms with Gasteiger partial charge in [0.05, 0.1) is 0 Å². The van der Waals surface area contributed by atoms with E-state index in [0.717, 1.165) is 11.1 Å². The Hall–Kier alpha value is -2.42. The number of aromatic nitrogens is 2. The lowest BCUT2D eigenvalue weighted by Crippen LogP contribution is -1.81. The van der Waals surface area contributed by atoms with Crippen molar-refractivity contribution in [1.29, 1.82) is 0 Å². The molecule has 0 N–H and O–H groups in total. The van der Waals surface area contributed by atoms with Gasteiger partial charge in [-0.25, -0.2) is 0 Å². The van der Waals surface area contributed by atoms with Gasteiger partial charge in [0.25, 0.3) is 5.89 Å². The summed E-state index contributed by atoms with van der Waals surface area (Å²) in [6.07, 6.45) is 0. The van der Waals surface area contributed by atoms with Gasteiger partial charge in [-0.1, -0.05) is 53.2 Å². The summed E-state index contributed by atoms with van der Waals surface area (Å²) in [6, 6.07) is 17.8. The Balaban J connectivity index is 2.00. The largest absolute Gasteiger partial charge is 0.334 e. The van der Waals surface area contributed by atoms with Crippen LogP contribution >= 0.6 is 0 Å². The molecule has 88 valence electrons. The van der Waals surface area contributed by atoms with E-state index in [4.69, 9.17) is 4.52 Å². The first-order chi connectivity index (χ1) is 8.83. The van der Waals surface area contributed by atoms with E-state index < -0.39 is 0 Å². The van der Waals surface area contributed by atoms with Gasteiger partial charge in [0.1, 0.15) is 0 Å². The van der Waals surface area contributed by atoms with Crippen LogP contribution in [0, 0.1) is 6.92 Å². The van der Waals surface area contributed by atoms with Gasteiger partial charge in [0, 0.05) is 11.1 Å². The van der Waals surface area contributed by atoms with Crippen LogP contribution < -0.4 is 0 Å². The molecule has 0 amide bonds. The summed E-state index contributed by atoms with van der Waals surface area (Å²) in [4.78, 5) is 4.41. The van der Waals surface area contributed by atoms with Gasteiger partial charge in [-0.05, 0) is 19.1 Å². The molecule has 0 bridgehead atoms. The average Bonchev–Trinajstić information content (AvgIpc) is 2.89. The van der Waals surface area contributed by atoms with E-state index in [1.165, 1.54) is 5.56 Å². The predicted molar refractivity (Wildman–Crippen MR) is 69.9 cm³/mol. The van der Waals surface area contributed by atoms with E-state index in [1.54, 1.807) is 0 Å². The maximum Gasteiger partial charge on any atom is 0.258 e. The number of hydrogen-bond acceptors (Lipinski definition) is 3. The Labute approximate surface area is 105 Å². The molecule has 3 nitrogen and oxygen atoms in total. The zero-order valence-corrected chi connectivity index (χ0v) is 10.00. The van der Waals surface area contributed by atoms with Gasteiger partial charge in [-0.3, -0.25) is 0 Å². The monoisotopic (exact) mass is 236 g/mol. The van der Waals surface area contributed by atoms with Crippen molar-refractivity contribution in [2.45, 2.75) is 6.92 Å². The van der Waals surface area contributed by atoms with E-state index in [9.17, 15) is 0 Å². The van der Waals surface area contributed by atoms with E-state index >= 15 is 0 Å². The Morgan fingerprint density at radius 1 is 0.889 bits per heavy atom. The van der Waals surface area contributed by atoms with Crippen molar-refractivity contribution in [2.24, 2.45) is 0 Å². The smallest absolute Gasteiger partial charge is 0.258 e. The molecular weight excluding hydrogens is 224 g/mol. The van der Waals surface area contributed by atoms with Crippen LogP contribution in [0.25, 0.3) is 22.8 Å². The van der Waals surface area contributed by atoms with Crippen LogP contribution in [0.4, 0.5) is 0 Å². The first-order valence-corrected chi connectivity index (χ1v) is 5.79. The molecule has 0 unspecified atom stereocenters. The van der Waals surface area contributed by atoms with Crippen LogP contribution in [-0.4, -0.2) is 10.1 Å². The van der Waals surface area contributed by atoms with Crippen LogP contribution in [0.5, 0.6) is 0 Å². The number of aryl methyl sites for hydroxylation is 1. The van der Waals surface area contributed by atoms with Crippen LogP contribution in [0.2, 0.25) is 0 Å². The minimum Gasteiger partial charge on any atom is -0.334 e. The molecule has 0 radical (unpaired) electrons. The molecule has 0 spiro atoms. The maximum absolute atomic E-state index is 5.30. The van der Waals surface area contributed by atoms with Crippen LogP contribution in [0.3, 0.4) is 0 Å². The third-order valence-electron chi connectivity index (χ3n) is 2.72. The molecule has 2 aromatic carbocycles. The molecule has 1 heterocycles. The first-order valence-electron chi connectivity index (χ1n) is 5.79. The third kappa shape index (κ3) is 2.02. The molecular formula is C15H12N2O. The summed E-state index contributed by atoms with van der Waals surface area (Å²) in [6.45, 7) is 2.04. The highest BCUT2D eigenvalue weighted by molar-refractivity contribution is 5.59. The topological polar surface area (TPSA) is 38.9 Å². The summed E-state index contributed by atoms with van der Waals surface area (Å²) in [7, 11) is 0. The molecule has 3 heteroatoms. The van der Waals surface area contributed by atoms with Crippen LogP contribution in [0.15, 0.2) is 59.1 Å². The van der Waals surface area contributed by atoms with Gasteiger partial charge in [0.2, 0.25) is 5.82 Å². The molecule has 3 rings (SSSR count). The Morgan fingerprint density at radius 3 is 2.44 bits per heavy atom. The average molecular weight is 236 g/mol. The second kappa shape index (κ2) is 4.45. The minimum absolute atomic E-state index is 0.553. The fourth-order valence-electron chi connectivity index (χ4n) is 1.82. The standard InChI is InChI=1S/C15H12N2O/c1-11-6-5-9-13(10-11)15-16-14(17-18-15)12-7-3-2-4-8-12/h2-10H,1H3. The summed E-state index contributed by atoms with van der Waals surface area (Å²) in [5, 5.41) is 4.01. The quantitative estimate of drug-likeness (QED) is 0.680. The summed E-state index contributed by atoms with van der Waals surface area (Å²) < 4.78 is 5.30. The zero-order chi connectivity index (χ0) is 12.4. The van der Waals surface area contributed by atoms with E-state index in [0.29, 0.717) is 11.7 Å². The third-order valence-corrected chi connectivity index (χ3v) is 2.72. The lowest BCUT2D eigenvalue weighted by atomic mass is 10.1. The molecule has 0 fully saturated rings. The van der Waals surface area contributed by atoms with Crippen LogP contribution in [-0.2, 0) is 0 Å². The SMILES string of the molecule is Cc1cccc(-c2nc(-c3ccccc3)no2)c1. The molecule has 0 aliphatic carbocycles. The lowest BCUT2D eigenvalue weighted by molar-refractivity contribution is 0.432. The Morgan fingerprint density at radius 2 is 1.67 bits per heavy atom. The van der Waals surface area contributed by atoms with Crippen molar-refractivity contribution in [2.75, 3.05) is 0 Å². The van der Waals surface area contributed by atoms with Crippen molar-refractivity contribution < 1.29 is 4.52 Å². The molecule has 0 saturated carbocycles. The normalized spacial score (nSPS) is 10.5. The summed E-state index contributed by atoms with van der Waals surface area (Å²) in [5.74, 6) is 1.17. The Bertz CT molecular complexity index is 659. The highest BCUT2D eigenvalue weighted by atomic mass is 16.5. The Kier molecular flexibility index (Phi) is 2.65. The minimum atomic E-state index is 0.553. The molecule has 1 aromatic heterocycles. The second-order valence-corrected chi connectivity index (χ2v) is 4.16. The van der Waals surface area contributed by atoms with E-state index in [2.05, 4.69) is 10.1 Å². The summed E-state index contributed by atoms with van der Waals surface area (Å²) >= 11 is 0. The molecule has 18 heavy (non-hydrogen) atoms. The van der Waals surface area contributed by atoms with Gasteiger partial charge in [-0.15, -0.1) is 0 Å². The number of nitrogens with zero attached hydrogens (tertiary/aromatic N) is 2. The first kappa shape index (κ1) is 10.7. The summed E-state index contributed by atoms with van der Waals surface area (Å²) in [5.41, 5.74) is 3.08. The van der Waals surface area contributed by atoms with Gasteiger partial charge in [-0.2, -0.15) is 4.98 Å². The number of benzene rings is 2. The van der Waals surface area contributed by atoms with Crippen molar-refractivity contribution in [3.05, 3.63) is 60.2 Å². The van der Waals surface area contributed by atoms with Crippen molar-refractivity contribution >= 4 is 0 Å². The van der Waals surface area contributed by atoms with E-state index in [1.807, 2.05) is 61.5 Å². The van der Waals surface area contributed by atoms with Gasteiger partial charge >= 0.3 is 0 Å². The molecule has 3 aromatic rings. The van der Waals surface area contributed by atoms with Gasteiger partial charge < -0.3 is 4.52 Å². The van der Waals surface area contributed by atoms with Crippen molar-refractivity contribution in [1.82, 2.24) is 10.1 Å². The zero-order valence-electron chi connectivity index (χ0n) is 10.00. The predicted octanol–water partition coefficient (Wildman–Crippen LogP) is 3.71. The lowest BCUT2D eigenvalue weighted by Gasteiger charge is -1.95. The maximum atomic E-state index is 5.30. The highest BCUT2D eigenvalue weighted by Gasteiger charge is 2.09. The van der Waals surface area contributed by atoms with Crippen molar-refractivity contribution in [3.63, 3.8) is 0 Å². The van der Waals surface area contributed by atoms with Crippen molar-refractivity contribution in [3.8, 4) is 22.8 Å². The fraction of sp³-hybridized carbons (Fsp3) is 0.0667. The number of rotatable bonds is 2. The molecule has 0 atom stereocenters. The van der Waals surface area contributed by atoms with E-state index in [-0.39, 0.29) is 0 Å². The molecule has 0 aliphatic rings. The number of hydrogen-bond donors (Lipinski definition) is 0. The molecule has 0 saturated heterocycles. The molecule has 0 aliphatic heterocycles. The highest BCUT2D eigenvalue weighted by Crippen LogP contribution is 2.22. The van der Waals surface area contributed by atoms with Crippen LogP contribution in [0.1, 0.15) is 5.56 Å². The second-order valence-electron chi connectivity index (χ2n) is 4.16.